The van der Waals surface area contributed by atoms with Crippen LogP contribution in [0.15, 0.2) is 24.4 Å². The summed E-state index contributed by atoms with van der Waals surface area (Å²) in [4.78, 5) is 14.7. The quantitative estimate of drug-likeness (QED) is 0.433. The fourth-order valence-electron chi connectivity index (χ4n) is 2.15. The van der Waals surface area contributed by atoms with Crippen LogP contribution in [0.4, 0.5) is 5.69 Å². The second-order valence-corrected chi connectivity index (χ2v) is 7.10. The van der Waals surface area contributed by atoms with Gasteiger partial charge in [-0.05, 0) is 31.0 Å². The summed E-state index contributed by atoms with van der Waals surface area (Å²) < 4.78 is 22.7. The largest absolute Gasteiger partial charge is 0.491 e. The van der Waals surface area contributed by atoms with Crippen LogP contribution in [-0.2, 0) is 11.0 Å². The second kappa shape index (κ2) is 7.64. The summed E-state index contributed by atoms with van der Waals surface area (Å²) in [5.74, 6) is 0.953. The molecular weight excluding hydrogens is 355 g/mol. The summed E-state index contributed by atoms with van der Waals surface area (Å²) >= 11 is 5.65. The minimum atomic E-state index is -2.80. The molecule has 0 spiro atoms. The number of aromatic nitrogens is 1. The molecule has 9 heteroatoms. The number of pyridine rings is 1. The standard InChI is InChI=1S/C15H16ClN2O5P/c1-4-10-6-11(18(19)20)14(24(16)21)7-12(10)23-15-13(22-3)5-9(2)8-17-15/h5-8,24H,4H2,1-3H3. The molecule has 2 rings (SSSR count). The number of nitro benzene ring substituents is 1. The summed E-state index contributed by atoms with van der Waals surface area (Å²) in [5, 5.41) is 11.1. The maximum atomic E-state index is 11.7. The van der Waals surface area contributed by atoms with Crippen molar-refractivity contribution in [1.29, 1.82) is 0 Å². The van der Waals surface area contributed by atoms with Crippen molar-refractivity contribution in [2.45, 2.75) is 20.3 Å². The lowest BCUT2D eigenvalue weighted by molar-refractivity contribution is -0.383. The first-order valence-corrected chi connectivity index (χ1v) is 9.49. The lowest BCUT2D eigenvalue weighted by Crippen LogP contribution is -2.07. The Morgan fingerprint density at radius 2 is 2.04 bits per heavy atom. The van der Waals surface area contributed by atoms with Gasteiger partial charge < -0.3 is 14.0 Å². The number of nitrogens with zero attached hydrogens (tertiary/aromatic N) is 2. The van der Waals surface area contributed by atoms with Crippen molar-refractivity contribution in [2.75, 3.05) is 7.11 Å². The van der Waals surface area contributed by atoms with Crippen LogP contribution in [0.2, 0.25) is 0 Å². The van der Waals surface area contributed by atoms with E-state index in [1.54, 1.807) is 12.3 Å². The van der Waals surface area contributed by atoms with Gasteiger partial charge in [0.25, 0.3) is 11.6 Å². The van der Waals surface area contributed by atoms with E-state index in [-0.39, 0.29) is 16.9 Å². The van der Waals surface area contributed by atoms with Crippen molar-refractivity contribution in [2.24, 2.45) is 0 Å². The van der Waals surface area contributed by atoms with E-state index >= 15 is 0 Å². The van der Waals surface area contributed by atoms with Crippen LogP contribution in [0.3, 0.4) is 0 Å². The third-order valence-electron chi connectivity index (χ3n) is 3.35. The number of hydrogen-bond donors (Lipinski definition) is 0. The number of hydrogen-bond acceptors (Lipinski definition) is 6. The molecule has 0 N–H and O–H groups in total. The van der Waals surface area contributed by atoms with E-state index in [0.717, 1.165) is 5.56 Å². The maximum Gasteiger partial charge on any atom is 0.281 e. The van der Waals surface area contributed by atoms with E-state index < -0.39 is 12.1 Å². The van der Waals surface area contributed by atoms with Gasteiger partial charge in [0.2, 0.25) is 0 Å². The zero-order valence-electron chi connectivity index (χ0n) is 13.3. The number of benzene rings is 1. The number of nitro groups is 1. The van der Waals surface area contributed by atoms with E-state index in [9.17, 15) is 14.7 Å². The molecule has 0 aliphatic rings. The number of aryl methyl sites for hydroxylation is 2. The monoisotopic (exact) mass is 370 g/mol. The molecule has 1 unspecified atom stereocenters. The first kappa shape index (κ1) is 18.2. The molecule has 0 radical (unpaired) electrons. The molecular formula is C15H16ClN2O5P. The van der Waals surface area contributed by atoms with Gasteiger partial charge in [-0.1, -0.05) is 18.2 Å². The van der Waals surface area contributed by atoms with E-state index in [2.05, 4.69) is 4.98 Å². The fraction of sp³-hybridized carbons (Fsp3) is 0.267. The van der Waals surface area contributed by atoms with Crippen LogP contribution in [0.5, 0.6) is 17.4 Å². The van der Waals surface area contributed by atoms with Crippen LogP contribution in [0.1, 0.15) is 18.1 Å². The summed E-state index contributed by atoms with van der Waals surface area (Å²) in [6.45, 7) is 3.69. The second-order valence-electron chi connectivity index (χ2n) is 4.98. The summed E-state index contributed by atoms with van der Waals surface area (Å²) in [7, 11) is -1.31. The summed E-state index contributed by atoms with van der Waals surface area (Å²) in [6.07, 6.45) is 2.09. The Bertz CT molecular complexity index is 813. The topological polar surface area (TPSA) is 91.6 Å². The van der Waals surface area contributed by atoms with Gasteiger partial charge in [-0.25, -0.2) is 4.98 Å². The van der Waals surface area contributed by atoms with Crippen LogP contribution < -0.4 is 14.8 Å². The highest BCUT2D eigenvalue weighted by molar-refractivity contribution is 7.80. The first-order chi connectivity index (χ1) is 11.4. The van der Waals surface area contributed by atoms with Gasteiger partial charge >= 0.3 is 0 Å². The van der Waals surface area contributed by atoms with Crippen molar-refractivity contribution in [3.63, 3.8) is 0 Å². The van der Waals surface area contributed by atoms with Gasteiger partial charge in [0, 0.05) is 17.8 Å². The predicted octanol–water partition coefficient (Wildman–Crippen LogP) is 4.00. The molecule has 128 valence electrons. The van der Waals surface area contributed by atoms with Crippen molar-refractivity contribution < 1.29 is 19.0 Å². The molecule has 2 aromatic rings. The van der Waals surface area contributed by atoms with Crippen molar-refractivity contribution in [1.82, 2.24) is 4.98 Å². The highest BCUT2D eigenvalue weighted by Gasteiger charge is 2.22. The van der Waals surface area contributed by atoms with Gasteiger partial charge in [-0.2, -0.15) is 0 Å². The van der Waals surface area contributed by atoms with Gasteiger partial charge in [0.15, 0.2) is 12.9 Å². The Kier molecular flexibility index (Phi) is 5.80. The normalized spacial score (nSPS) is 11.8. The molecule has 0 amide bonds. The first-order valence-electron chi connectivity index (χ1n) is 7.07. The molecule has 24 heavy (non-hydrogen) atoms. The van der Waals surface area contributed by atoms with Crippen LogP contribution in [0.25, 0.3) is 0 Å². The Hall–Kier alpha value is -2.11. The van der Waals surface area contributed by atoms with Crippen molar-refractivity contribution in [3.05, 3.63) is 45.6 Å². The van der Waals surface area contributed by atoms with Crippen molar-refractivity contribution >= 4 is 29.4 Å². The minimum absolute atomic E-state index is 0.0510. The number of halogens is 1. The molecule has 1 aromatic carbocycles. The average molecular weight is 371 g/mol. The minimum Gasteiger partial charge on any atom is -0.491 e. The molecule has 0 fully saturated rings. The SMILES string of the molecule is CCc1cc([N+](=O)[O-])c([PH](=O)Cl)cc1Oc1ncc(C)cc1OC. The summed E-state index contributed by atoms with van der Waals surface area (Å²) in [6, 6.07) is 4.42. The Balaban J connectivity index is 2.56. The number of rotatable bonds is 6. The van der Waals surface area contributed by atoms with Crippen molar-refractivity contribution in [3.8, 4) is 17.4 Å². The van der Waals surface area contributed by atoms with Gasteiger partial charge in [-0.3, -0.25) is 10.1 Å². The van der Waals surface area contributed by atoms with Gasteiger partial charge in [0.05, 0.1) is 12.0 Å². The average Bonchev–Trinajstić information content (AvgIpc) is 2.55. The molecule has 0 saturated heterocycles. The van der Waals surface area contributed by atoms with Crippen LogP contribution in [-0.4, -0.2) is 17.0 Å². The lowest BCUT2D eigenvalue weighted by Gasteiger charge is -2.13. The molecule has 1 heterocycles. The predicted molar refractivity (Wildman–Crippen MR) is 92.6 cm³/mol. The fourth-order valence-corrected chi connectivity index (χ4v) is 3.21. The molecule has 0 bridgehead atoms. The van der Waals surface area contributed by atoms with Crippen LogP contribution >= 0.6 is 18.4 Å². The zero-order valence-corrected chi connectivity index (χ0v) is 15.1. The third-order valence-corrected chi connectivity index (χ3v) is 4.78. The molecule has 1 aromatic heterocycles. The molecule has 0 aliphatic heterocycles. The Morgan fingerprint density at radius 1 is 1.33 bits per heavy atom. The van der Waals surface area contributed by atoms with Crippen LogP contribution in [0, 0.1) is 17.0 Å². The molecule has 0 aliphatic carbocycles. The van der Waals surface area contributed by atoms with Gasteiger partial charge in [-0.15, -0.1) is 0 Å². The highest BCUT2D eigenvalue weighted by Crippen LogP contribution is 2.37. The number of ether oxygens (including phenoxy) is 2. The molecule has 1 atom stereocenters. The third kappa shape index (κ3) is 3.86. The van der Waals surface area contributed by atoms with E-state index in [4.69, 9.17) is 20.7 Å². The van der Waals surface area contributed by atoms with E-state index in [0.29, 0.717) is 23.5 Å². The maximum absolute atomic E-state index is 11.7. The number of methoxy groups -OCH3 is 1. The zero-order chi connectivity index (χ0) is 17.9. The Morgan fingerprint density at radius 3 is 2.58 bits per heavy atom. The van der Waals surface area contributed by atoms with Gasteiger partial charge in [0.1, 0.15) is 11.1 Å². The lowest BCUT2D eigenvalue weighted by atomic mass is 10.1. The summed E-state index contributed by atoms with van der Waals surface area (Å²) in [5.41, 5.74) is 1.20. The Labute approximate surface area is 144 Å². The highest BCUT2D eigenvalue weighted by atomic mass is 35.7. The smallest absolute Gasteiger partial charge is 0.281 e. The van der Waals surface area contributed by atoms with E-state index in [1.807, 2.05) is 13.8 Å². The molecule has 7 nitrogen and oxygen atoms in total. The van der Waals surface area contributed by atoms with E-state index in [1.165, 1.54) is 19.2 Å². The molecule has 0 saturated carbocycles.